The molecule has 0 unspecified atom stereocenters. The molecular weight excluding hydrogens is 366 g/mol. The topological polar surface area (TPSA) is 64.8 Å². The van der Waals surface area contributed by atoms with Gasteiger partial charge in [-0.15, -0.1) is 10.2 Å². The molecule has 0 aliphatic carbocycles. The standard InChI is InChI=1S/C12H13BrClN3O2S/c1-3-6-17-11(15-16-12(17)20(14,18)19)9-4-5-10(13)8(2)7-9/h4-5,7H,3,6H2,1-2H3. The van der Waals surface area contributed by atoms with Gasteiger partial charge in [0, 0.05) is 27.3 Å². The fourth-order valence-electron chi connectivity index (χ4n) is 1.89. The second kappa shape index (κ2) is 5.83. The minimum absolute atomic E-state index is 0.211. The Hall–Kier alpha value is -0.920. The summed E-state index contributed by atoms with van der Waals surface area (Å²) in [6.45, 7) is 4.38. The summed E-state index contributed by atoms with van der Waals surface area (Å²) >= 11 is 3.43. The van der Waals surface area contributed by atoms with Crippen molar-refractivity contribution < 1.29 is 8.42 Å². The van der Waals surface area contributed by atoms with Gasteiger partial charge >= 0.3 is 0 Å². The van der Waals surface area contributed by atoms with Crippen LogP contribution in [0.4, 0.5) is 0 Å². The Kier molecular flexibility index (Phi) is 4.51. The highest BCUT2D eigenvalue weighted by Gasteiger charge is 2.23. The molecule has 8 heteroatoms. The fourth-order valence-corrected chi connectivity index (χ4v) is 3.06. The fraction of sp³-hybridized carbons (Fsp3) is 0.333. The van der Waals surface area contributed by atoms with Crippen molar-refractivity contribution in [1.82, 2.24) is 14.8 Å². The quantitative estimate of drug-likeness (QED) is 0.765. The van der Waals surface area contributed by atoms with Crippen molar-refractivity contribution in [2.75, 3.05) is 0 Å². The van der Waals surface area contributed by atoms with Crippen molar-refractivity contribution in [3.05, 3.63) is 28.2 Å². The van der Waals surface area contributed by atoms with E-state index in [-0.39, 0.29) is 5.16 Å². The van der Waals surface area contributed by atoms with E-state index >= 15 is 0 Å². The minimum atomic E-state index is -3.91. The van der Waals surface area contributed by atoms with Crippen molar-refractivity contribution >= 4 is 35.7 Å². The summed E-state index contributed by atoms with van der Waals surface area (Å²) in [6, 6.07) is 5.67. The van der Waals surface area contributed by atoms with Crippen molar-refractivity contribution in [1.29, 1.82) is 0 Å². The van der Waals surface area contributed by atoms with Crippen molar-refractivity contribution in [3.8, 4) is 11.4 Å². The molecule has 0 bridgehead atoms. The first-order valence-electron chi connectivity index (χ1n) is 5.99. The van der Waals surface area contributed by atoms with Crippen molar-refractivity contribution in [2.45, 2.75) is 32.0 Å². The summed E-state index contributed by atoms with van der Waals surface area (Å²) in [4.78, 5) is 0. The number of aryl methyl sites for hydroxylation is 1. The van der Waals surface area contributed by atoms with E-state index in [9.17, 15) is 8.42 Å². The maximum atomic E-state index is 11.5. The van der Waals surface area contributed by atoms with Crippen LogP contribution >= 0.6 is 26.6 Å². The molecule has 0 spiro atoms. The molecule has 0 saturated carbocycles. The van der Waals surface area contributed by atoms with E-state index in [0.29, 0.717) is 12.4 Å². The average Bonchev–Trinajstić information content (AvgIpc) is 2.77. The Morgan fingerprint density at radius 2 is 2.05 bits per heavy atom. The van der Waals surface area contributed by atoms with E-state index in [4.69, 9.17) is 10.7 Å². The average molecular weight is 379 g/mol. The van der Waals surface area contributed by atoms with Gasteiger partial charge in [0.1, 0.15) is 0 Å². The van der Waals surface area contributed by atoms with Crippen LogP contribution in [0, 0.1) is 6.92 Å². The summed E-state index contributed by atoms with van der Waals surface area (Å²) < 4.78 is 25.6. The number of hydrogen-bond acceptors (Lipinski definition) is 4. The van der Waals surface area contributed by atoms with Crippen LogP contribution in [0.5, 0.6) is 0 Å². The van der Waals surface area contributed by atoms with Crippen molar-refractivity contribution in [3.63, 3.8) is 0 Å². The molecule has 2 aromatic rings. The first-order valence-corrected chi connectivity index (χ1v) is 9.09. The Labute approximate surface area is 130 Å². The molecule has 0 N–H and O–H groups in total. The van der Waals surface area contributed by atoms with Gasteiger partial charge < -0.3 is 0 Å². The Bertz CT molecular complexity index is 743. The zero-order chi connectivity index (χ0) is 14.9. The number of nitrogens with zero attached hydrogens (tertiary/aromatic N) is 3. The van der Waals surface area contributed by atoms with E-state index in [0.717, 1.165) is 22.0 Å². The molecular formula is C12H13BrClN3O2S. The largest absolute Gasteiger partial charge is 0.297 e. The third-order valence-corrected chi connectivity index (χ3v) is 4.84. The SMILES string of the molecule is CCCn1c(-c2ccc(Br)c(C)c2)nnc1S(=O)(=O)Cl. The predicted molar refractivity (Wildman–Crippen MR) is 81.2 cm³/mol. The summed E-state index contributed by atoms with van der Waals surface area (Å²) in [5.41, 5.74) is 1.84. The van der Waals surface area contributed by atoms with Crippen LogP contribution in [0.25, 0.3) is 11.4 Å². The van der Waals surface area contributed by atoms with E-state index in [1.165, 1.54) is 4.57 Å². The number of benzene rings is 1. The third kappa shape index (κ3) is 3.05. The number of halogens is 2. The van der Waals surface area contributed by atoms with Crippen LogP contribution in [0.1, 0.15) is 18.9 Å². The zero-order valence-corrected chi connectivity index (χ0v) is 14.1. The van der Waals surface area contributed by atoms with E-state index in [2.05, 4.69) is 26.1 Å². The van der Waals surface area contributed by atoms with Gasteiger partial charge in [-0.2, -0.15) is 0 Å². The van der Waals surface area contributed by atoms with Crippen LogP contribution in [-0.2, 0) is 15.6 Å². The molecule has 0 aliphatic rings. The highest BCUT2D eigenvalue weighted by Crippen LogP contribution is 2.26. The molecule has 5 nitrogen and oxygen atoms in total. The molecule has 2 rings (SSSR count). The minimum Gasteiger partial charge on any atom is -0.297 e. The van der Waals surface area contributed by atoms with Gasteiger partial charge in [-0.25, -0.2) is 8.42 Å². The van der Waals surface area contributed by atoms with E-state index in [1.807, 2.05) is 32.0 Å². The molecule has 0 fully saturated rings. The molecule has 0 radical (unpaired) electrons. The second-order valence-corrected chi connectivity index (χ2v) is 7.67. The Morgan fingerprint density at radius 3 is 2.60 bits per heavy atom. The lowest BCUT2D eigenvalue weighted by molar-refractivity contribution is 0.570. The first-order chi connectivity index (χ1) is 9.34. The molecule has 1 aromatic heterocycles. The monoisotopic (exact) mass is 377 g/mol. The van der Waals surface area contributed by atoms with Gasteiger partial charge in [0.2, 0.25) is 0 Å². The lowest BCUT2D eigenvalue weighted by Gasteiger charge is -2.08. The van der Waals surface area contributed by atoms with Crippen LogP contribution in [0.2, 0.25) is 0 Å². The van der Waals surface area contributed by atoms with Crippen LogP contribution in [0.15, 0.2) is 27.8 Å². The molecule has 1 heterocycles. The number of rotatable bonds is 4. The number of aromatic nitrogens is 3. The summed E-state index contributed by atoms with van der Waals surface area (Å²) in [6.07, 6.45) is 0.750. The zero-order valence-electron chi connectivity index (χ0n) is 11.0. The van der Waals surface area contributed by atoms with Gasteiger partial charge in [0.05, 0.1) is 0 Å². The molecule has 0 aliphatic heterocycles. The normalized spacial score (nSPS) is 11.8. The van der Waals surface area contributed by atoms with Crippen LogP contribution in [-0.4, -0.2) is 23.2 Å². The van der Waals surface area contributed by atoms with E-state index in [1.54, 1.807) is 0 Å². The third-order valence-electron chi connectivity index (χ3n) is 2.80. The van der Waals surface area contributed by atoms with Gasteiger partial charge in [0.15, 0.2) is 5.82 Å². The highest BCUT2D eigenvalue weighted by molar-refractivity contribution is 9.10. The van der Waals surface area contributed by atoms with Gasteiger partial charge in [-0.05, 0) is 31.0 Å². The predicted octanol–water partition coefficient (Wildman–Crippen LogP) is 3.35. The Morgan fingerprint density at radius 1 is 1.35 bits per heavy atom. The molecule has 1 aromatic carbocycles. The molecule has 108 valence electrons. The maximum absolute atomic E-state index is 11.5. The van der Waals surface area contributed by atoms with Gasteiger partial charge in [0.25, 0.3) is 14.2 Å². The molecule has 0 saturated heterocycles. The molecule has 0 amide bonds. The molecule has 20 heavy (non-hydrogen) atoms. The summed E-state index contributed by atoms with van der Waals surface area (Å²) in [5, 5.41) is 7.48. The lowest BCUT2D eigenvalue weighted by Crippen LogP contribution is -2.07. The molecule has 0 atom stereocenters. The summed E-state index contributed by atoms with van der Waals surface area (Å²) in [5.74, 6) is 0.502. The van der Waals surface area contributed by atoms with Crippen LogP contribution in [0.3, 0.4) is 0 Å². The maximum Gasteiger partial charge on any atom is 0.296 e. The first kappa shape index (κ1) is 15.5. The number of hydrogen-bond donors (Lipinski definition) is 0. The van der Waals surface area contributed by atoms with E-state index < -0.39 is 9.05 Å². The highest BCUT2D eigenvalue weighted by atomic mass is 79.9. The summed E-state index contributed by atoms with van der Waals surface area (Å²) in [7, 11) is 1.49. The second-order valence-electron chi connectivity index (χ2n) is 4.36. The smallest absolute Gasteiger partial charge is 0.296 e. The van der Waals surface area contributed by atoms with Gasteiger partial charge in [-0.3, -0.25) is 4.57 Å². The van der Waals surface area contributed by atoms with Crippen LogP contribution < -0.4 is 0 Å². The lowest BCUT2D eigenvalue weighted by atomic mass is 10.1. The van der Waals surface area contributed by atoms with Crippen molar-refractivity contribution in [2.24, 2.45) is 0 Å². The van der Waals surface area contributed by atoms with Gasteiger partial charge in [-0.1, -0.05) is 28.9 Å². The Balaban J connectivity index is 2.62.